The van der Waals surface area contributed by atoms with Crippen LogP contribution in [-0.2, 0) is 15.8 Å². The molecule has 1 fully saturated rings. The van der Waals surface area contributed by atoms with Gasteiger partial charge >= 0.3 is 0 Å². The fourth-order valence-electron chi connectivity index (χ4n) is 2.49. The van der Waals surface area contributed by atoms with Gasteiger partial charge < -0.3 is 5.73 Å². The lowest BCUT2D eigenvalue weighted by atomic mass is 9.81. The third kappa shape index (κ3) is 4.39. The third-order valence-corrected chi connectivity index (χ3v) is 5.71. The van der Waals surface area contributed by atoms with Crippen molar-refractivity contribution >= 4 is 22.4 Å². The minimum Gasteiger partial charge on any atom is -0.327 e. The zero-order valence-electron chi connectivity index (χ0n) is 12.3. The third-order valence-electron chi connectivity index (χ3n) is 3.91. The van der Waals surface area contributed by atoms with E-state index in [-0.39, 0.29) is 29.6 Å². The normalized spacial score (nSPS) is 22.6. The van der Waals surface area contributed by atoms with Crippen LogP contribution in [0.25, 0.3) is 0 Å². The first-order chi connectivity index (χ1) is 9.21. The molecule has 0 amide bonds. The van der Waals surface area contributed by atoms with Gasteiger partial charge in [-0.2, -0.15) is 0 Å². The van der Waals surface area contributed by atoms with Crippen LogP contribution in [0.15, 0.2) is 24.3 Å². The summed E-state index contributed by atoms with van der Waals surface area (Å²) in [6.07, 6.45) is 0.648. The van der Waals surface area contributed by atoms with Gasteiger partial charge in [0.2, 0.25) is 10.0 Å². The highest BCUT2D eigenvalue weighted by molar-refractivity contribution is 7.88. The number of benzene rings is 1. The summed E-state index contributed by atoms with van der Waals surface area (Å²) in [5.74, 6) is -0.588. The lowest BCUT2D eigenvalue weighted by Gasteiger charge is -2.41. The Labute approximate surface area is 132 Å². The Morgan fingerprint density at radius 3 is 2.67 bits per heavy atom. The van der Waals surface area contributed by atoms with Gasteiger partial charge in [-0.15, -0.1) is 12.4 Å². The average molecular weight is 337 g/mol. The van der Waals surface area contributed by atoms with E-state index in [2.05, 4.69) is 0 Å². The summed E-state index contributed by atoms with van der Waals surface area (Å²) in [6, 6.07) is 5.72. The van der Waals surface area contributed by atoms with E-state index in [1.165, 1.54) is 22.5 Å². The Bertz CT molecular complexity index is 592. The molecule has 1 aromatic carbocycles. The first kappa shape index (κ1) is 18.4. The zero-order chi connectivity index (χ0) is 15.0. The van der Waals surface area contributed by atoms with Crippen molar-refractivity contribution in [3.63, 3.8) is 0 Å². The molecular weight excluding hydrogens is 315 g/mol. The fraction of sp³-hybridized carbons (Fsp3) is 0.571. The smallest absolute Gasteiger partial charge is 0.218 e. The molecule has 0 aromatic heterocycles. The summed E-state index contributed by atoms with van der Waals surface area (Å²) in [6.45, 7) is 4.79. The summed E-state index contributed by atoms with van der Waals surface area (Å²) in [5.41, 5.74) is 6.25. The van der Waals surface area contributed by atoms with Crippen molar-refractivity contribution in [1.82, 2.24) is 4.31 Å². The first-order valence-electron chi connectivity index (χ1n) is 6.68. The van der Waals surface area contributed by atoms with E-state index in [1.807, 2.05) is 13.8 Å². The standard InChI is InChI=1S/C14H21FN2O2S.ClH/c1-14(2)10-17(7-6-13(14)16)20(18,19)9-11-4-3-5-12(15)8-11;/h3-5,8,13H,6-7,9-10,16H2,1-2H3;1H. The van der Waals surface area contributed by atoms with Crippen molar-refractivity contribution in [1.29, 1.82) is 0 Å². The van der Waals surface area contributed by atoms with Crippen molar-refractivity contribution in [2.75, 3.05) is 13.1 Å². The Hall–Kier alpha value is -0.690. The summed E-state index contributed by atoms with van der Waals surface area (Å²) in [7, 11) is -3.44. The SMILES string of the molecule is CC1(C)CN(S(=O)(=O)Cc2cccc(F)c2)CCC1N.Cl. The number of nitrogens with zero attached hydrogens (tertiary/aromatic N) is 1. The van der Waals surface area contributed by atoms with E-state index in [9.17, 15) is 12.8 Å². The van der Waals surface area contributed by atoms with Crippen LogP contribution in [-0.4, -0.2) is 31.9 Å². The number of piperidine rings is 1. The van der Waals surface area contributed by atoms with Crippen LogP contribution < -0.4 is 5.73 Å². The summed E-state index contributed by atoms with van der Waals surface area (Å²) >= 11 is 0. The molecule has 2 N–H and O–H groups in total. The maximum atomic E-state index is 13.1. The first-order valence-corrected chi connectivity index (χ1v) is 8.29. The highest BCUT2D eigenvalue weighted by atomic mass is 35.5. The van der Waals surface area contributed by atoms with Gasteiger partial charge in [-0.05, 0) is 29.5 Å². The molecule has 1 atom stereocenters. The Kier molecular flexibility index (Phi) is 5.77. The minimum absolute atomic E-state index is 0. The van der Waals surface area contributed by atoms with Crippen LogP contribution in [0.1, 0.15) is 25.8 Å². The average Bonchev–Trinajstić information content (AvgIpc) is 2.32. The lowest BCUT2D eigenvalue weighted by Crippen LogP contribution is -2.54. The van der Waals surface area contributed by atoms with E-state index in [0.717, 1.165) is 0 Å². The zero-order valence-corrected chi connectivity index (χ0v) is 13.9. The van der Waals surface area contributed by atoms with Gasteiger partial charge in [0.05, 0.1) is 5.75 Å². The number of nitrogens with two attached hydrogens (primary N) is 1. The molecule has 4 nitrogen and oxygen atoms in total. The van der Waals surface area contributed by atoms with Crippen molar-refractivity contribution in [3.8, 4) is 0 Å². The maximum Gasteiger partial charge on any atom is 0.218 e. The van der Waals surface area contributed by atoms with Gasteiger partial charge in [0.1, 0.15) is 5.82 Å². The van der Waals surface area contributed by atoms with Crippen molar-refractivity contribution in [2.45, 2.75) is 32.1 Å². The van der Waals surface area contributed by atoms with Crippen LogP contribution in [0.4, 0.5) is 4.39 Å². The number of rotatable bonds is 3. The molecule has 0 spiro atoms. The molecule has 0 saturated carbocycles. The highest BCUT2D eigenvalue weighted by Gasteiger charge is 2.38. The molecule has 1 heterocycles. The van der Waals surface area contributed by atoms with Crippen molar-refractivity contribution in [3.05, 3.63) is 35.6 Å². The largest absolute Gasteiger partial charge is 0.327 e. The van der Waals surface area contributed by atoms with Gasteiger partial charge in [-0.1, -0.05) is 26.0 Å². The summed E-state index contributed by atoms with van der Waals surface area (Å²) in [5, 5.41) is 0. The Balaban J connectivity index is 0.00000220. The molecule has 1 saturated heterocycles. The molecule has 2 rings (SSSR count). The molecule has 0 radical (unpaired) electrons. The summed E-state index contributed by atoms with van der Waals surface area (Å²) in [4.78, 5) is 0. The second-order valence-corrected chi connectivity index (χ2v) is 8.07. The second-order valence-electron chi connectivity index (χ2n) is 6.10. The highest BCUT2D eigenvalue weighted by Crippen LogP contribution is 2.30. The minimum atomic E-state index is -3.44. The fourth-order valence-corrected chi connectivity index (χ4v) is 4.19. The quantitative estimate of drug-likeness (QED) is 0.919. The van der Waals surface area contributed by atoms with Crippen molar-refractivity contribution < 1.29 is 12.8 Å². The molecule has 7 heteroatoms. The lowest BCUT2D eigenvalue weighted by molar-refractivity contribution is 0.155. The van der Waals surface area contributed by atoms with E-state index < -0.39 is 15.8 Å². The number of hydrogen-bond acceptors (Lipinski definition) is 3. The predicted octanol–water partition coefficient (Wildman–Crippen LogP) is 2.14. The van der Waals surface area contributed by atoms with Gasteiger partial charge in [-0.3, -0.25) is 0 Å². The maximum absolute atomic E-state index is 13.1. The van der Waals surface area contributed by atoms with Gasteiger partial charge in [0.15, 0.2) is 0 Å². The molecule has 1 aliphatic rings. The predicted molar refractivity (Wildman–Crippen MR) is 84.2 cm³/mol. The van der Waals surface area contributed by atoms with Crippen LogP contribution >= 0.6 is 12.4 Å². The molecule has 1 unspecified atom stereocenters. The van der Waals surface area contributed by atoms with Crippen LogP contribution in [0.2, 0.25) is 0 Å². The Morgan fingerprint density at radius 2 is 2.10 bits per heavy atom. The van der Waals surface area contributed by atoms with E-state index in [4.69, 9.17) is 5.73 Å². The van der Waals surface area contributed by atoms with E-state index in [1.54, 1.807) is 6.07 Å². The molecule has 1 aromatic rings. The van der Waals surface area contributed by atoms with Gasteiger partial charge in [0.25, 0.3) is 0 Å². The number of halogens is 2. The molecule has 1 aliphatic heterocycles. The second kappa shape index (κ2) is 6.60. The van der Waals surface area contributed by atoms with E-state index in [0.29, 0.717) is 25.1 Å². The molecule has 0 aliphatic carbocycles. The van der Waals surface area contributed by atoms with Gasteiger partial charge in [-0.25, -0.2) is 17.1 Å². The Morgan fingerprint density at radius 1 is 1.43 bits per heavy atom. The van der Waals surface area contributed by atoms with E-state index >= 15 is 0 Å². The summed E-state index contributed by atoms with van der Waals surface area (Å²) < 4.78 is 39.5. The van der Waals surface area contributed by atoms with Crippen LogP contribution in [0, 0.1) is 11.2 Å². The molecular formula is C14H22ClFN2O2S. The van der Waals surface area contributed by atoms with Crippen molar-refractivity contribution in [2.24, 2.45) is 11.1 Å². The van der Waals surface area contributed by atoms with Crippen LogP contribution in [0.3, 0.4) is 0 Å². The van der Waals surface area contributed by atoms with Gasteiger partial charge in [0, 0.05) is 19.1 Å². The monoisotopic (exact) mass is 336 g/mol. The number of sulfonamides is 1. The molecule has 21 heavy (non-hydrogen) atoms. The number of hydrogen-bond donors (Lipinski definition) is 1. The topological polar surface area (TPSA) is 63.4 Å². The van der Waals surface area contributed by atoms with Crippen LogP contribution in [0.5, 0.6) is 0 Å². The molecule has 0 bridgehead atoms. The molecule has 120 valence electrons.